The molecule has 3 N–H and O–H groups in total. The van der Waals surface area contributed by atoms with Crippen LogP contribution < -0.4 is 10.6 Å². The number of nitrogens with zero attached hydrogens (tertiary/aromatic N) is 1. The second-order valence-corrected chi connectivity index (χ2v) is 6.12. The predicted molar refractivity (Wildman–Crippen MR) is 92.1 cm³/mol. The second-order valence-electron chi connectivity index (χ2n) is 5.27. The number of amides is 1. The van der Waals surface area contributed by atoms with Gasteiger partial charge in [0.25, 0.3) is 0 Å². The third kappa shape index (κ3) is 3.67. The number of benzene rings is 2. The predicted octanol–water partition coefficient (Wildman–Crippen LogP) is 3.00. The van der Waals surface area contributed by atoms with Gasteiger partial charge < -0.3 is 15.7 Å². The highest BCUT2D eigenvalue weighted by Gasteiger charge is 2.21. The van der Waals surface area contributed by atoms with Gasteiger partial charge in [-0.15, -0.1) is 0 Å². The van der Waals surface area contributed by atoms with Crippen LogP contribution in [-0.4, -0.2) is 24.1 Å². The van der Waals surface area contributed by atoms with Crippen molar-refractivity contribution >= 4 is 27.5 Å². The van der Waals surface area contributed by atoms with Crippen LogP contribution in [0.2, 0.25) is 0 Å². The molecule has 0 aliphatic heterocycles. The largest absolute Gasteiger partial charge is 0.508 e. The Morgan fingerprint density at radius 2 is 1.95 bits per heavy atom. The highest BCUT2D eigenvalue weighted by Crippen LogP contribution is 2.27. The summed E-state index contributed by atoms with van der Waals surface area (Å²) in [6.45, 7) is 1.89. The minimum atomic E-state index is -0.648. The number of nitrogens with two attached hydrogens (primary N) is 1. The minimum Gasteiger partial charge on any atom is -0.508 e. The molecule has 0 saturated carbocycles. The molecule has 0 aromatic heterocycles. The Morgan fingerprint density at radius 1 is 1.32 bits per heavy atom. The van der Waals surface area contributed by atoms with Crippen molar-refractivity contribution in [2.45, 2.75) is 19.4 Å². The van der Waals surface area contributed by atoms with Crippen LogP contribution in [0.3, 0.4) is 0 Å². The number of para-hydroxylation sites is 1. The Morgan fingerprint density at radius 3 is 2.55 bits per heavy atom. The van der Waals surface area contributed by atoms with Crippen molar-refractivity contribution in [1.82, 2.24) is 0 Å². The van der Waals surface area contributed by atoms with Crippen LogP contribution in [0.4, 0.5) is 5.69 Å². The second kappa shape index (κ2) is 6.94. The summed E-state index contributed by atoms with van der Waals surface area (Å²) in [7, 11) is 1.72. The first-order valence-corrected chi connectivity index (χ1v) is 7.75. The number of halogens is 1. The Bertz CT molecular complexity index is 651. The van der Waals surface area contributed by atoms with Gasteiger partial charge in [0.05, 0.1) is 6.04 Å². The molecular weight excluding hydrogens is 344 g/mol. The summed E-state index contributed by atoms with van der Waals surface area (Å²) < 4.78 is 0.760. The van der Waals surface area contributed by atoms with Gasteiger partial charge in [-0.2, -0.15) is 0 Å². The zero-order valence-electron chi connectivity index (χ0n) is 12.6. The molecule has 4 nitrogen and oxygen atoms in total. The van der Waals surface area contributed by atoms with Gasteiger partial charge in [-0.05, 0) is 48.7 Å². The van der Waals surface area contributed by atoms with E-state index in [9.17, 15) is 9.90 Å². The number of hydrogen-bond donors (Lipinski definition) is 2. The topological polar surface area (TPSA) is 66.6 Å². The van der Waals surface area contributed by atoms with Crippen molar-refractivity contribution in [1.29, 1.82) is 0 Å². The zero-order valence-corrected chi connectivity index (χ0v) is 14.2. The van der Waals surface area contributed by atoms with Gasteiger partial charge >= 0.3 is 0 Å². The molecule has 2 rings (SSSR count). The average molecular weight is 363 g/mol. The fourth-order valence-electron chi connectivity index (χ4n) is 2.35. The normalized spacial score (nSPS) is 12.0. The van der Waals surface area contributed by atoms with Gasteiger partial charge in [0, 0.05) is 17.2 Å². The Balaban J connectivity index is 2.15. The lowest BCUT2D eigenvalue weighted by Crippen LogP contribution is -2.43. The van der Waals surface area contributed by atoms with Crippen LogP contribution in [0.5, 0.6) is 5.75 Å². The Hall–Kier alpha value is -1.85. The van der Waals surface area contributed by atoms with Crippen LogP contribution in [0.1, 0.15) is 11.1 Å². The number of anilines is 1. The van der Waals surface area contributed by atoms with Gasteiger partial charge in [0.15, 0.2) is 0 Å². The van der Waals surface area contributed by atoms with Gasteiger partial charge in [0.2, 0.25) is 5.91 Å². The van der Waals surface area contributed by atoms with E-state index in [4.69, 9.17) is 5.73 Å². The number of likely N-dealkylation sites (N-methyl/N-ethyl adjacent to an activating group) is 1. The van der Waals surface area contributed by atoms with Crippen molar-refractivity contribution in [3.63, 3.8) is 0 Å². The third-order valence-corrected chi connectivity index (χ3v) is 4.33. The maximum atomic E-state index is 12.5. The molecule has 0 spiro atoms. The van der Waals surface area contributed by atoms with E-state index in [-0.39, 0.29) is 11.7 Å². The maximum Gasteiger partial charge on any atom is 0.243 e. The Kier molecular flexibility index (Phi) is 5.21. The first kappa shape index (κ1) is 16.5. The number of rotatable bonds is 4. The highest BCUT2D eigenvalue weighted by atomic mass is 79.9. The summed E-state index contributed by atoms with van der Waals surface area (Å²) in [5.74, 6) is 0.0417. The molecule has 116 valence electrons. The van der Waals surface area contributed by atoms with Crippen molar-refractivity contribution in [3.05, 3.63) is 58.1 Å². The summed E-state index contributed by atoms with van der Waals surface area (Å²) in [6.07, 6.45) is 0.405. The monoisotopic (exact) mass is 362 g/mol. The number of carbonyl (C=O) groups excluding carboxylic acids is 1. The minimum absolute atomic E-state index is 0.148. The highest BCUT2D eigenvalue weighted by molar-refractivity contribution is 9.10. The van der Waals surface area contributed by atoms with Crippen molar-refractivity contribution in [2.24, 2.45) is 5.73 Å². The molecule has 5 heteroatoms. The molecule has 0 fully saturated rings. The van der Waals surface area contributed by atoms with E-state index in [2.05, 4.69) is 15.9 Å². The number of phenolic OH excluding ortho intramolecular Hbond substituents is 1. The lowest BCUT2D eigenvalue weighted by atomic mass is 10.0. The zero-order chi connectivity index (χ0) is 16.3. The summed E-state index contributed by atoms with van der Waals surface area (Å²) in [5.41, 5.74) is 8.73. The molecule has 0 unspecified atom stereocenters. The summed E-state index contributed by atoms with van der Waals surface area (Å²) >= 11 is 3.42. The van der Waals surface area contributed by atoms with Gasteiger partial charge in [0.1, 0.15) is 5.75 Å². The van der Waals surface area contributed by atoms with E-state index in [1.165, 1.54) is 0 Å². The number of carbonyl (C=O) groups is 1. The average Bonchev–Trinajstić information content (AvgIpc) is 2.50. The molecular formula is C17H19BrN2O2. The molecule has 1 atom stereocenters. The number of phenols is 1. The smallest absolute Gasteiger partial charge is 0.243 e. The van der Waals surface area contributed by atoms with E-state index < -0.39 is 6.04 Å². The number of aryl methyl sites for hydroxylation is 1. The number of aromatic hydroxyl groups is 1. The van der Waals surface area contributed by atoms with E-state index in [0.717, 1.165) is 21.3 Å². The third-order valence-electron chi connectivity index (χ3n) is 3.62. The van der Waals surface area contributed by atoms with Crippen LogP contribution in [0.15, 0.2) is 46.9 Å². The van der Waals surface area contributed by atoms with Crippen molar-refractivity contribution in [2.75, 3.05) is 11.9 Å². The van der Waals surface area contributed by atoms with Gasteiger partial charge in [-0.25, -0.2) is 0 Å². The molecule has 1 amide bonds. The molecule has 0 saturated heterocycles. The van der Waals surface area contributed by atoms with Crippen LogP contribution in [0.25, 0.3) is 0 Å². The van der Waals surface area contributed by atoms with Gasteiger partial charge in [-0.1, -0.05) is 34.1 Å². The molecule has 22 heavy (non-hydrogen) atoms. The van der Waals surface area contributed by atoms with E-state index >= 15 is 0 Å². The standard InChI is InChI=1S/C17H19BrN2O2/c1-11-8-13(21)9-15(18)14(11)10-16(19)17(22)20(2)12-6-4-3-5-7-12/h3-9,16,21H,10,19H2,1-2H3/t16-/m0/s1. The molecule has 2 aromatic rings. The molecule has 0 radical (unpaired) electrons. The Labute approximate surface area is 138 Å². The lowest BCUT2D eigenvalue weighted by Gasteiger charge is -2.22. The first-order chi connectivity index (χ1) is 10.4. The van der Waals surface area contributed by atoms with E-state index in [1.807, 2.05) is 37.3 Å². The van der Waals surface area contributed by atoms with Crippen LogP contribution >= 0.6 is 15.9 Å². The number of hydrogen-bond acceptors (Lipinski definition) is 3. The summed E-state index contributed by atoms with van der Waals surface area (Å²) in [4.78, 5) is 14.0. The first-order valence-electron chi connectivity index (χ1n) is 6.96. The van der Waals surface area contributed by atoms with Crippen molar-refractivity contribution < 1.29 is 9.90 Å². The molecule has 0 heterocycles. The van der Waals surface area contributed by atoms with E-state index in [1.54, 1.807) is 24.1 Å². The molecule has 0 bridgehead atoms. The fourth-order valence-corrected chi connectivity index (χ4v) is 3.06. The van der Waals surface area contributed by atoms with Crippen LogP contribution in [0, 0.1) is 6.92 Å². The molecule has 0 aliphatic rings. The van der Waals surface area contributed by atoms with Crippen molar-refractivity contribution in [3.8, 4) is 5.75 Å². The SMILES string of the molecule is Cc1cc(O)cc(Br)c1C[C@H](N)C(=O)N(C)c1ccccc1. The summed E-state index contributed by atoms with van der Waals surface area (Å²) in [5, 5.41) is 9.56. The quantitative estimate of drug-likeness (QED) is 0.878. The van der Waals surface area contributed by atoms with Crippen LogP contribution in [-0.2, 0) is 11.2 Å². The maximum absolute atomic E-state index is 12.5. The van der Waals surface area contributed by atoms with E-state index in [0.29, 0.717) is 6.42 Å². The molecule has 2 aromatic carbocycles. The summed E-state index contributed by atoms with van der Waals surface area (Å²) in [6, 6.07) is 12.0. The van der Waals surface area contributed by atoms with Gasteiger partial charge in [-0.3, -0.25) is 4.79 Å². The fraction of sp³-hybridized carbons (Fsp3) is 0.235. The lowest BCUT2D eigenvalue weighted by molar-refractivity contribution is -0.119. The molecule has 0 aliphatic carbocycles.